The van der Waals surface area contributed by atoms with Crippen LogP contribution in [0.25, 0.3) is 22.4 Å². The zero-order valence-electron chi connectivity index (χ0n) is 15.4. The van der Waals surface area contributed by atoms with Gasteiger partial charge in [-0.25, -0.2) is 9.78 Å². The lowest BCUT2D eigenvalue weighted by Gasteiger charge is -2.21. The quantitative estimate of drug-likeness (QED) is 0.665. The average molecular weight is 365 g/mol. The van der Waals surface area contributed by atoms with Crippen molar-refractivity contribution >= 4 is 22.8 Å². The fourth-order valence-electron chi connectivity index (χ4n) is 3.45. The Morgan fingerprint density at radius 3 is 2.59 bits per heavy atom. The van der Waals surface area contributed by atoms with Crippen molar-refractivity contribution in [2.75, 3.05) is 32.5 Å². The molecule has 2 amide bonds. The van der Waals surface area contributed by atoms with Crippen LogP contribution < -0.4 is 5.32 Å². The number of carbonyl (C=O) groups excluding carboxylic acids is 1. The number of hydrogen-bond acceptors (Lipinski definition) is 4. The topological polar surface area (TPSA) is 84.5 Å². The summed E-state index contributed by atoms with van der Waals surface area (Å²) in [5.74, 6) is 0.797. The number of urea groups is 1. The molecule has 0 bridgehead atoms. The zero-order valence-corrected chi connectivity index (χ0v) is 15.4. The van der Waals surface area contributed by atoms with Crippen LogP contribution in [0.1, 0.15) is 0 Å². The Kier molecular flexibility index (Phi) is 4.55. The minimum Gasteiger partial charge on any atom is -0.390 e. The van der Waals surface area contributed by atoms with Crippen molar-refractivity contribution in [3.63, 3.8) is 0 Å². The molecule has 0 spiro atoms. The van der Waals surface area contributed by atoms with Gasteiger partial charge in [-0.05, 0) is 50.5 Å². The van der Waals surface area contributed by atoms with E-state index in [9.17, 15) is 9.90 Å². The number of amides is 2. The first-order valence-corrected chi connectivity index (χ1v) is 8.97. The summed E-state index contributed by atoms with van der Waals surface area (Å²) >= 11 is 0. The number of likely N-dealkylation sites (N-methyl/N-ethyl adjacent to an activating group) is 1. The van der Waals surface area contributed by atoms with Gasteiger partial charge in [-0.1, -0.05) is 12.1 Å². The summed E-state index contributed by atoms with van der Waals surface area (Å²) in [6, 6.07) is 15.2. The van der Waals surface area contributed by atoms with E-state index in [0.29, 0.717) is 18.8 Å². The van der Waals surface area contributed by atoms with Crippen LogP contribution in [0, 0.1) is 0 Å². The summed E-state index contributed by atoms with van der Waals surface area (Å²) in [6.45, 7) is 0.850. The van der Waals surface area contributed by atoms with Crippen molar-refractivity contribution in [1.29, 1.82) is 0 Å². The highest BCUT2D eigenvalue weighted by Crippen LogP contribution is 2.22. The molecular weight excluding hydrogens is 342 g/mol. The second-order valence-corrected chi connectivity index (χ2v) is 7.11. The molecule has 7 heteroatoms. The van der Waals surface area contributed by atoms with Gasteiger partial charge < -0.3 is 25.2 Å². The van der Waals surface area contributed by atoms with E-state index in [1.807, 2.05) is 67.5 Å². The molecule has 27 heavy (non-hydrogen) atoms. The maximum absolute atomic E-state index is 12.5. The number of hydrogen-bond donors (Lipinski definition) is 3. The van der Waals surface area contributed by atoms with Crippen molar-refractivity contribution in [2.24, 2.45) is 0 Å². The molecule has 1 aliphatic rings. The van der Waals surface area contributed by atoms with E-state index in [0.717, 1.165) is 22.4 Å². The van der Waals surface area contributed by atoms with Gasteiger partial charge in [0.15, 0.2) is 0 Å². The largest absolute Gasteiger partial charge is 0.390 e. The summed E-state index contributed by atoms with van der Waals surface area (Å²) in [6.07, 6.45) is -0.527. The number of benzene rings is 2. The Morgan fingerprint density at radius 1 is 1.19 bits per heavy atom. The van der Waals surface area contributed by atoms with E-state index in [2.05, 4.69) is 15.3 Å². The number of aromatic amines is 1. The van der Waals surface area contributed by atoms with Crippen LogP contribution in [0.4, 0.5) is 10.5 Å². The van der Waals surface area contributed by atoms with E-state index in [4.69, 9.17) is 0 Å². The zero-order chi connectivity index (χ0) is 19.0. The summed E-state index contributed by atoms with van der Waals surface area (Å²) in [4.78, 5) is 23.9. The second kappa shape index (κ2) is 7.02. The minimum atomic E-state index is -0.527. The maximum atomic E-state index is 12.5. The molecule has 1 aromatic heterocycles. The molecular formula is C20H23N5O2. The number of H-pyrrole nitrogens is 1. The summed E-state index contributed by atoms with van der Waals surface area (Å²) in [5, 5.41) is 13.0. The third kappa shape index (κ3) is 3.51. The molecule has 7 nitrogen and oxygen atoms in total. The summed E-state index contributed by atoms with van der Waals surface area (Å²) in [5.41, 5.74) is 3.58. The Morgan fingerprint density at radius 2 is 1.93 bits per heavy atom. The van der Waals surface area contributed by atoms with Crippen LogP contribution in [-0.4, -0.2) is 70.2 Å². The first kappa shape index (κ1) is 17.5. The van der Waals surface area contributed by atoms with E-state index in [-0.39, 0.29) is 12.1 Å². The SMILES string of the molecule is CN(C)[C@H]1CN(C(=O)Nc2ccc(-c3nc4ccccc4[nH]3)cc2)C[C@@H]1O. The third-order valence-corrected chi connectivity index (χ3v) is 5.01. The molecule has 4 rings (SSSR count). The number of imidazole rings is 1. The Labute approximate surface area is 157 Å². The Bertz CT molecular complexity index is 917. The molecule has 1 fully saturated rings. The standard InChI is InChI=1S/C20H23N5O2/c1-24(2)17-11-25(12-18(17)26)20(27)21-14-9-7-13(8-10-14)19-22-15-5-3-4-6-16(15)23-19/h3-10,17-18,26H,11-12H2,1-2H3,(H,21,27)(H,22,23)/t17-,18-/m0/s1. The number of para-hydroxylation sites is 2. The van der Waals surface area contributed by atoms with E-state index < -0.39 is 6.10 Å². The number of nitrogens with zero attached hydrogens (tertiary/aromatic N) is 3. The van der Waals surface area contributed by atoms with Crippen molar-refractivity contribution in [1.82, 2.24) is 19.8 Å². The van der Waals surface area contributed by atoms with Crippen LogP contribution in [0.15, 0.2) is 48.5 Å². The molecule has 2 heterocycles. The van der Waals surface area contributed by atoms with Gasteiger partial charge in [0.05, 0.1) is 29.7 Å². The van der Waals surface area contributed by atoms with Crippen LogP contribution in [-0.2, 0) is 0 Å². The van der Waals surface area contributed by atoms with Crippen LogP contribution in [0.2, 0.25) is 0 Å². The van der Waals surface area contributed by atoms with Crippen molar-refractivity contribution in [3.05, 3.63) is 48.5 Å². The maximum Gasteiger partial charge on any atom is 0.321 e. The number of anilines is 1. The van der Waals surface area contributed by atoms with Gasteiger partial charge in [-0.3, -0.25) is 0 Å². The fourth-order valence-corrected chi connectivity index (χ4v) is 3.45. The van der Waals surface area contributed by atoms with Crippen molar-refractivity contribution in [3.8, 4) is 11.4 Å². The van der Waals surface area contributed by atoms with E-state index >= 15 is 0 Å². The predicted octanol–water partition coefficient (Wildman–Crippen LogP) is 2.37. The lowest BCUT2D eigenvalue weighted by atomic mass is 10.2. The number of likely N-dealkylation sites (tertiary alicyclic amines) is 1. The van der Waals surface area contributed by atoms with Crippen LogP contribution >= 0.6 is 0 Å². The predicted molar refractivity (Wildman–Crippen MR) is 106 cm³/mol. The van der Waals surface area contributed by atoms with Gasteiger partial charge in [0.1, 0.15) is 5.82 Å². The molecule has 140 valence electrons. The Balaban J connectivity index is 1.44. The Hall–Kier alpha value is -2.90. The second-order valence-electron chi connectivity index (χ2n) is 7.11. The molecule has 1 aliphatic heterocycles. The number of fused-ring (bicyclic) bond motifs is 1. The van der Waals surface area contributed by atoms with E-state index in [1.54, 1.807) is 4.90 Å². The average Bonchev–Trinajstić information content (AvgIpc) is 3.26. The monoisotopic (exact) mass is 365 g/mol. The van der Waals surface area contributed by atoms with Crippen molar-refractivity contribution in [2.45, 2.75) is 12.1 Å². The summed E-state index contributed by atoms with van der Waals surface area (Å²) < 4.78 is 0. The number of aromatic nitrogens is 2. The van der Waals surface area contributed by atoms with Gasteiger partial charge in [-0.2, -0.15) is 0 Å². The van der Waals surface area contributed by atoms with Gasteiger partial charge in [-0.15, -0.1) is 0 Å². The molecule has 3 aromatic rings. The number of β-amino-alcohol motifs (C(OH)–C–C–N with tert-alkyl or cyclic N) is 1. The highest BCUT2D eigenvalue weighted by molar-refractivity contribution is 5.90. The normalized spacial score (nSPS) is 19.8. The number of aliphatic hydroxyl groups is 1. The fraction of sp³-hybridized carbons (Fsp3) is 0.300. The minimum absolute atomic E-state index is 0.0359. The number of carbonyl (C=O) groups is 1. The molecule has 2 aromatic carbocycles. The first-order chi connectivity index (χ1) is 13.0. The van der Waals surface area contributed by atoms with Crippen molar-refractivity contribution < 1.29 is 9.90 Å². The van der Waals surface area contributed by atoms with Gasteiger partial charge in [0, 0.05) is 17.8 Å². The van der Waals surface area contributed by atoms with Gasteiger partial charge >= 0.3 is 6.03 Å². The molecule has 3 N–H and O–H groups in total. The van der Waals surface area contributed by atoms with Crippen LogP contribution in [0.5, 0.6) is 0 Å². The highest BCUT2D eigenvalue weighted by atomic mass is 16.3. The van der Waals surface area contributed by atoms with Crippen LogP contribution in [0.3, 0.4) is 0 Å². The first-order valence-electron chi connectivity index (χ1n) is 8.97. The summed E-state index contributed by atoms with van der Waals surface area (Å²) in [7, 11) is 3.82. The molecule has 0 aliphatic carbocycles. The third-order valence-electron chi connectivity index (χ3n) is 5.01. The highest BCUT2D eigenvalue weighted by Gasteiger charge is 2.35. The molecule has 0 unspecified atom stereocenters. The lowest BCUT2D eigenvalue weighted by Crippen LogP contribution is -2.38. The lowest BCUT2D eigenvalue weighted by molar-refractivity contribution is 0.113. The molecule has 1 saturated heterocycles. The van der Waals surface area contributed by atoms with E-state index in [1.165, 1.54) is 0 Å². The number of nitrogens with one attached hydrogen (secondary N) is 2. The van der Waals surface area contributed by atoms with Gasteiger partial charge in [0.25, 0.3) is 0 Å². The number of aliphatic hydroxyl groups excluding tert-OH is 1. The van der Waals surface area contributed by atoms with Gasteiger partial charge in [0.2, 0.25) is 0 Å². The molecule has 0 saturated carbocycles. The smallest absolute Gasteiger partial charge is 0.321 e. The molecule has 0 radical (unpaired) electrons. The number of rotatable bonds is 3. The molecule has 2 atom stereocenters.